The lowest BCUT2D eigenvalue weighted by molar-refractivity contribution is 0.593. The van der Waals surface area contributed by atoms with Crippen molar-refractivity contribution in [3.63, 3.8) is 0 Å². The van der Waals surface area contributed by atoms with Crippen LogP contribution in [0.1, 0.15) is 13.8 Å². The van der Waals surface area contributed by atoms with E-state index >= 15 is 0 Å². The third-order valence-electron chi connectivity index (χ3n) is 2.83. The average Bonchev–Trinajstić information content (AvgIpc) is 2.38. The first-order valence-corrected chi connectivity index (χ1v) is 8.00. The molecular formula is C13H17N3O2S. The summed E-state index contributed by atoms with van der Waals surface area (Å²) < 4.78 is 23.1. The van der Waals surface area contributed by atoms with Gasteiger partial charge in [0.2, 0.25) is 0 Å². The summed E-state index contributed by atoms with van der Waals surface area (Å²) in [6, 6.07) is 5.48. The van der Waals surface area contributed by atoms with Crippen molar-refractivity contribution < 1.29 is 8.42 Å². The molecule has 6 heteroatoms. The highest BCUT2D eigenvalue weighted by molar-refractivity contribution is 7.91. The number of aromatic nitrogens is 2. The van der Waals surface area contributed by atoms with Crippen molar-refractivity contribution in [1.82, 2.24) is 9.97 Å². The van der Waals surface area contributed by atoms with Crippen LogP contribution < -0.4 is 5.32 Å². The number of hydrogen-bond donors (Lipinski definition) is 1. The van der Waals surface area contributed by atoms with Gasteiger partial charge in [-0.15, -0.1) is 0 Å². The molecule has 0 aliphatic rings. The molecule has 2 aromatic rings. The Morgan fingerprint density at radius 3 is 2.58 bits per heavy atom. The van der Waals surface area contributed by atoms with Crippen LogP contribution in [0.15, 0.2) is 30.6 Å². The highest BCUT2D eigenvalue weighted by atomic mass is 32.2. The molecule has 102 valence electrons. The SMILES string of the molecule is CCS(=O)(=O)CC(C)Nc1ccc2nccnc2c1. The van der Waals surface area contributed by atoms with Crippen molar-refractivity contribution in [3.05, 3.63) is 30.6 Å². The molecular weight excluding hydrogens is 262 g/mol. The molecule has 0 saturated carbocycles. The lowest BCUT2D eigenvalue weighted by Gasteiger charge is -2.15. The maximum absolute atomic E-state index is 11.5. The van der Waals surface area contributed by atoms with Crippen LogP contribution in [0.3, 0.4) is 0 Å². The summed E-state index contributed by atoms with van der Waals surface area (Å²) in [5.41, 5.74) is 2.46. The van der Waals surface area contributed by atoms with Crippen molar-refractivity contribution in [3.8, 4) is 0 Å². The highest BCUT2D eigenvalue weighted by Gasteiger charge is 2.13. The molecule has 2 rings (SSSR count). The summed E-state index contributed by atoms with van der Waals surface area (Å²) in [5.74, 6) is 0.296. The summed E-state index contributed by atoms with van der Waals surface area (Å²) >= 11 is 0. The minimum atomic E-state index is -2.97. The van der Waals surface area contributed by atoms with E-state index in [0.29, 0.717) is 0 Å². The Balaban J connectivity index is 2.13. The first-order chi connectivity index (χ1) is 9.00. The van der Waals surface area contributed by atoms with Gasteiger partial charge in [0.05, 0.1) is 16.8 Å². The molecule has 0 spiro atoms. The molecule has 1 unspecified atom stereocenters. The molecule has 0 fully saturated rings. The molecule has 1 atom stereocenters. The van der Waals surface area contributed by atoms with E-state index in [1.807, 2.05) is 25.1 Å². The van der Waals surface area contributed by atoms with E-state index in [1.54, 1.807) is 19.3 Å². The summed E-state index contributed by atoms with van der Waals surface area (Å²) in [6.45, 7) is 3.52. The number of benzene rings is 1. The Bertz CT molecular complexity index is 670. The number of anilines is 1. The second kappa shape index (κ2) is 5.52. The third-order valence-corrected chi connectivity index (χ3v) is 4.71. The third kappa shape index (κ3) is 3.64. The fourth-order valence-electron chi connectivity index (χ4n) is 1.88. The van der Waals surface area contributed by atoms with Crippen LogP contribution in [0, 0.1) is 0 Å². The van der Waals surface area contributed by atoms with E-state index in [-0.39, 0.29) is 17.5 Å². The lowest BCUT2D eigenvalue weighted by atomic mass is 10.2. The first kappa shape index (κ1) is 13.7. The van der Waals surface area contributed by atoms with Gasteiger partial charge in [-0.2, -0.15) is 0 Å². The molecule has 19 heavy (non-hydrogen) atoms. The van der Waals surface area contributed by atoms with E-state index in [9.17, 15) is 8.42 Å². The van der Waals surface area contributed by atoms with E-state index in [1.165, 1.54) is 0 Å². The van der Waals surface area contributed by atoms with E-state index in [0.717, 1.165) is 16.7 Å². The van der Waals surface area contributed by atoms with Crippen LogP contribution in [0.2, 0.25) is 0 Å². The van der Waals surface area contributed by atoms with Crippen LogP contribution in [-0.2, 0) is 9.84 Å². The maximum atomic E-state index is 11.5. The minimum Gasteiger partial charge on any atom is -0.382 e. The topological polar surface area (TPSA) is 72.0 Å². The monoisotopic (exact) mass is 279 g/mol. The molecule has 1 N–H and O–H groups in total. The van der Waals surface area contributed by atoms with Gasteiger partial charge in [0.25, 0.3) is 0 Å². The number of nitrogens with zero attached hydrogens (tertiary/aromatic N) is 2. The second-order valence-electron chi connectivity index (χ2n) is 4.50. The van der Waals surface area contributed by atoms with Gasteiger partial charge in [0.15, 0.2) is 9.84 Å². The number of rotatable bonds is 5. The quantitative estimate of drug-likeness (QED) is 0.904. The van der Waals surface area contributed by atoms with Crippen molar-refractivity contribution in [1.29, 1.82) is 0 Å². The number of nitrogens with one attached hydrogen (secondary N) is 1. The molecule has 0 aliphatic heterocycles. The Morgan fingerprint density at radius 1 is 1.21 bits per heavy atom. The van der Waals surface area contributed by atoms with Gasteiger partial charge in [-0.3, -0.25) is 9.97 Å². The highest BCUT2D eigenvalue weighted by Crippen LogP contribution is 2.16. The fraction of sp³-hybridized carbons (Fsp3) is 0.385. The predicted octanol–water partition coefficient (Wildman–Crippen LogP) is 1.86. The van der Waals surface area contributed by atoms with Crippen molar-refractivity contribution in [2.75, 3.05) is 16.8 Å². The fourth-order valence-corrected chi connectivity index (χ4v) is 2.96. The smallest absolute Gasteiger partial charge is 0.152 e. The lowest BCUT2D eigenvalue weighted by Crippen LogP contribution is -2.26. The number of sulfone groups is 1. The number of fused-ring (bicyclic) bond motifs is 1. The Kier molecular flexibility index (Phi) is 3.99. The van der Waals surface area contributed by atoms with Crippen LogP contribution in [0.25, 0.3) is 11.0 Å². The van der Waals surface area contributed by atoms with Crippen LogP contribution in [0.5, 0.6) is 0 Å². The van der Waals surface area contributed by atoms with E-state index in [4.69, 9.17) is 0 Å². The Morgan fingerprint density at radius 2 is 1.89 bits per heavy atom. The van der Waals surface area contributed by atoms with Crippen molar-refractivity contribution in [2.45, 2.75) is 19.9 Å². The summed E-state index contributed by atoms with van der Waals surface area (Å²) in [4.78, 5) is 8.41. The molecule has 0 radical (unpaired) electrons. The van der Waals surface area contributed by atoms with Gasteiger partial charge in [0, 0.05) is 29.9 Å². The standard InChI is InChI=1S/C13H17N3O2S/c1-3-19(17,18)9-10(2)16-11-4-5-12-13(8-11)15-7-6-14-12/h4-8,10,16H,3,9H2,1-2H3. The molecule has 0 aliphatic carbocycles. The summed E-state index contributed by atoms with van der Waals surface area (Å²) in [7, 11) is -2.97. The van der Waals surface area contributed by atoms with E-state index in [2.05, 4.69) is 15.3 Å². The summed E-state index contributed by atoms with van der Waals surface area (Å²) in [6.07, 6.45) is 3.28. The van der Waals surface area contributed by atoms with Crippen LogP contribution in [-0.4, -0.2) is 35.9 Å². The maximum Gasteiger partial charge on any atom is 0.152 e. The average molecular weight is 279 g/mol. The minimum absolute atomic E-state index is 0.127. The van der Waals surface area contributed by atoms with Crippen molar-refractivity contribution in [2.24, 2.45) is 0 Å². The van der Waals surface area contributed by atoms with Gasteiger partial charge >= 0.3 is 0 Å². The number of hydrogen-bond acceptors (Lipinski definition) is 5. The van der Waals surface area contributed by atoms with Gasteiger partial charge < -0.3 is 5.32 Å². The molecule has 1 aromatic heterocycles. The summed E-state index contributed by atoms with van der Waals surface area (Å²) in [5, 5.41) is 3.18. The molecule has 0 saturated heterocycles. The molecule has 0 bridgehead atoms. The largest absolute Gasteiger partial charge is 0.382 e. The second-order valence-corrected chi connectivity index (χ2v) is 6.90. The van der Waals surface area contributed by atoms with Gasteiger partial charge in [-0.25, -0.2) is 8.42 Å². The normalized spacial score (nSPS) is 13.4. The molecule has 0 amide bonds. The predicted molar refractivity (Wildman–Crippen MR) is 77.0 cm³/mol. The van der Waals surface area contributed by atoms with Gasteiger partial charge in [-0.1, -0.05) is 6.92 Å². The Hall–Kier alpha value is -1.69. The first-order valence-electron chi connectivity index (χ1n) is 6.18. The van der Waals surface area contributed by atoms with Gasteiger partial charge in [0.1, 0.15) is 0 Å². The Labute approximate surface area is 113 Å². The zero-order valence-corrected chi connectivity index (χ0v) is 11.8. The van der Waals surface area contributed by atoms with Gasteiger partial charge in [-0.05, 0) is 25.1 Å². The molecule has 5 nitrogen and oxygen atoms in total. The van der Waals surface area contributed by atoms with E-state index < -0.39 is 9.84 Å². The van der Waals surface area contributed by atoms with Crippen LogP contribution >= 0.6 is 0 Å². The molecule has 1 aromatic carbocycles. The molecule has 1 heterocycles. The van der Waals surface area contributed by atoms with Crippen molar-refractivity contribution >= 4 is 26.6 Å². The van der Waals surface area contributed by atoms with Crippen LogP contribution in [0.4, 0.5) is 5.69 Å². The zero-order chi connectivity index (χ0) is 13.9. The zero-order valence-electron chi connectivity index (χ0n) is 11.0.